The Labute approximate surface area is 220 Å². The highest BCUT2D eigenvalue weighted by molar-refractivity contribution is 7.89. The molecule has 1 amide bonds. The number of carbonyl (C=O) groups is 1. The summed E-state index contributed by atoms with van der Waals surface area (Å²) < 4.78 is 58.4. The number of sulfonamides is 1. The van der Waals surface area contributed by atoms with Crippen molar-refractivity contribution in [3.63, 3.8) is 0 Å². The van der Waals surface area contributed by atoms with Crippen molar-refractivity contribution >= 4 is 39.0 Å². The third-order valence-corrected chi connectivity index (χ3v) is 9.50. The van der Waals surface area contributed by atoms with Gasteiger partial charge in [0.05, 0.1) is 4.90 Å². The molecule has 8 nitrogen and oxygen atoms in total. The van der Waals surface area contributed by atoms with Crippen LogP contribution in [0.1, 0.15) is 31.2 Å². The highest BCUT2D eigenvalue weighted by Crippen LogP contribution is 2.41. The molecule has 4 heterocycles. The number of nitrogens with one attached hydrogen (secondary N) is 1. The van der Waals surface area contributed by atoms with Gasteiger partial charge in [-0.15, -0.1) is 0 Å². The maximum absolute atomic E-state index is 15.3. The SMILES string of the molecule is O=C1CCCN1c1ccc(S(=O)(=O)N2CCN(c3cc(C(F)(F)[C@@H]4CCCNC4)cc(Cl)n3)CC2)cc1. The van der Waals surface area contributed by atoms with E-state index in [0.717, 1.165) is 13.0 Å². The Morgan fingerprint density at radius 1 is 1.03 bits per heavy atom. The second kappa shape index (κ2) is 10.4. The lowest BCUT2D eigenvalue weighted by Gasteiger charge is -2.35. The molecule has 0 unspecified atom stereocenters. The number of carbonyl (C=O) groups excluding carboxylic acids is 1. The van der Waals surface area contributed by atoms with Gasteiger partial charge in [-0.3, -0.25) is 4.79 Å². The molecule has 3 fully saturated rings. The fourth-order valence-corrected chi connectivity index (χ4v) is 6.89. The Bertz CT molecular complexity index is 1250. The van der Waals surface area contributed by atoms with E-state index < -0.39 is 21.9 Å². The first-order valence-corrected chi connectivity index (χ1v) is 14.4. The molecule has 0 bridgehead atoms. The Balaban J connectivity index is 1.27. The summed E-state index contributed by atoms with van der Waals surface area (Å²) in [4.78, 5) is 19.8. The van der Waals surface area contributed by atoms with Crippen molar-refractivity contribution in [3.8, 4) is 0 Å². The van der Waals surface area contributed by atoms with Crippen molar-refractivity contribution in [2.75, 3.05) is 55.6 Å². The summed E-state index contributed by atoms with van der Waals surface area (Å²) in [6, 6.07) is 8.96. The van der Waals surface area contributed by atoms with Crippen LogP contribution in [-0.4, -0.2) is 69.4 Å². The zero-order valence-electron chi connectivity index (χ0n) is 20.4. The Hall–Kier alpha value is -2.34. The number of rotatable bonds is 6. The number of pyridine rings is 1. The quantitative estimate of drug-likeness (QED) is 0.552. The summed E-state index contributed by atoms with van der Waals surface area (Å²) in [7, 11) is -3.75. The average Bonchev–Trinajstić information content (AvgIpc) is 3.34. The van der Waals surface area contributed by atoms with Gasteiger partial charge in [-0.2, -0.15) is 4.31 Å². The molecule has 1 N–H and O–H groups in total. The van der Waals surface area contributed by atoms with Crippen LogP contribution in [0.25, 0.3) is 0 Å². The van der Waals surface area contributed by atoms with Gasteiger partial charge in [0.25, 0.3) is 5.92 Å². The van der Waals surface area contributed by atoms with Gasteiger partial charge in [0, 0.05) is 62.9 Å². The average molecular weight is 554 g/mol. The number of hydrogen-bond donors (Lipinski definition) is 1. The van der Waals surface area contributed by atoms with Gasteiger partial charge in [0.15, 0.2) is 0 Å². The van der Waals surface area contributed by atoms with Crippen molar-refractivity contribution < 1.29 is 22.0 Å². The van der Waals surface area contributed by atoms with Gasteiger partial charge in [0.1, 0.15) is 11.0 Å². The topological polar surface area (TPSA) is 85.9 Å². The molecular formula is C25H30ClF2N5O3S. The molecule has 3 aliphatic heterocycles. The highest BCUT2D eigenvalue weighted by atomic mass is 35.5. The summed E-state index contributed by atoms with van der Waals surface area (Å²) in [5, 5.41) is 3.02. The molecule has 200 valence electrons. The minimum absolute atomic E-state index is 0.0115. The summed E-state index contributed by atoms with van der Waals surface area (Å²) in [6.45, 7) is 2.57. The number of benzene rings is 1. The van der Waals surface area contributed by atoms with Crippen LogP contribution in [0.15, 0.2) is 41.3 Å². The fourth-order valence-electron chi connectivity index (χ4n) is 5.26. The van der Waals surface area contributed by atoms with Gasteiger partial charge in [0.2, 0.25) is 15.9 Å². The van der Waals surface area contributed by atoms with Crippen LogP contribution in [0.4, 0.5) is 20.3 Å². The van der Waals surface area contributed by atoms with Crippen LogP contribution >= 0.6 is 11.6 Å². The third-order valence-electron chi connectivity index (χ3n) is 7.40. The van der Waals surface area contributed by atoms with Gasteiger partial charge in [-0.1, -0.05) is 11.6 Å². The van der Waals surface area contributed by atoms with Crippen LogP contribution in [-0.2, 0) is 20.7 Å². The first-order chi connectivity index (χ1) is 17.7. The molecule has 0 spiro atoms. The zero-order chi connectivity index (χ0) is 26.2. The zero-order valence-corrected chi connectivity index (χ0v) is 21.9. The Morgan fingerprint density at radius 2 is 1.76 bits per heavy atom. The summed E-state index contributed by atoms with van der Waals surface area (Å²) in [6.07, 6.45) is 2.42. The lowest BCUT2D eigenvalue weighted by atomic mass is 9.88. The number of aromatic nitrogens is 1. The molecule has 0 radical (unpaired) electrons. The molecule has 1 atom stereocenters. The van der Waals surface area contributed by atoms with E-state index in [-0.39, 0.29) is 41.2 Å². The van der Waals surface area contributed by atoms with Gasteiger partial charge in [-0.05, 0) is 62.2 Å². The number of hydrogen-bond acceptors (Lipinski definition) is 6. The molecular weight excluding hydrogens is 524 g/mol. The number of nitrogens with zero attached hydrogens (tertiary/aromatic N) is 4. The lowest BCUT2D eigenvalue weighted by Crippen LogP contribution is -2.49. The molecule has 12 heteroatoms. The maximum Gasteiger partial charge on any atom is 0.277 e. The lowest BCUT2D eigenvalue weighted by molar-refractivity contribution is -0.117. The predicted octanol–water partition coefficient (Wildman–Crippen LogP) is 3.46. The highest BCUT2D eigenvalue weighted by Gasteiger charge is 2.42. The van der Waals surface area contributed by atoms with E-state index in [1.165, 1.54) is 28.6 Å². The van der Waals surface area contributed by atoms with Crippen molar-refractivity contribution in [1.82, 2.24) is 14.6 Å². The van der Waals surface area contributed by atoms with Crippen LogP contribution < -0.4 is 15.1 Å². The van der Waals surface area contributed by atoms with E-state index >= 15 is 8.78 Å². The molecule has 1 aromatic heterocycles. The standard InChI is InChI=1S/C25H30ClF2N5O3S/c26-22-15-19(25(27,28)18-3-1-9-29-17-18)16-23(30-22)31-11-13-32(14-12-31)37(35,36)21-7-5-20(6-8-21)33-10-2-4-24(33)34/h5-8,15-16,18,29H,1-4,9-14,17H2/t18-/m1/s1. The second-order valence-corrected chi connectivity index (χ2v) is 12.1. The van der Waals surface area contributed by atoms with E-state index in [4.69, 9.17) is 11.6 Å². The molecule has 5 rings (SSSR count). The van der Waals surface area contributed by atoms with Crippen LogP contribution in [0.2, 0.25) is 5.15 Å². The monoisotopic (exact) mass is 553 g/mol. The Morgan fingerprint density at radius 3 is 2.38 bits per heavy atom. The minimum atomic E-state index is -3.75. The van der Waals surface area contributed by atoms with E-state index in [1.807, 2.05) is 0 Å². The number of piperazine rings is 1. The fraction of sp³-hybridized carbons (Fsp3) is 0.520. The summed E-state index contributed by atoms with van der Waals surface area (Å²) >= 11 is 6.15. The largest absolute Gasteiger partial charge is 0.354 e. The number of halogens is 3. The van der Waals surface area contributed by atoms with Crippen molar-refractivity contribution in [1.29, 1.82) is 0 Å². The van der Waals surface area contributed by atoms with E-state index in [9.17, 15) is 13.2 Å². The molecule has 2 aromatic rings. The summed E-state index contributed by atoms with van der Waals surface area (Å²) in [5.41, 5.74) is 0.526. The van der Waals surface area contributed by atoms with Crippen molar-refractivity contribution in [2.45, 2.75) is 36.5 Å². The first kappa shape index (κ1) is 26.3. The van der Waals surface area contributed by atoms with Gasteiger partial charge >= 0.3 is 0 Å². The van der Waals surface area contributed by atoms with Crippen LogP contribution in [0.5, 0.6) is 0 Å². The number of anilines is 2. The molecule has 37 heavy (non-hydrogen) atoms. The molecule has 0 aliphatic carbocycles. The minimum Gasteiger partial charge on any atom is -0.354 e. The van der Waals surface area contributed by atoms with Crippen molar-refractivity contribution in [3.05, 3.63) is 47.1 Å². The Kier molecular flexibility index (Phi) is 7.41. The number of alkyl halides is 2. The first-order valence-electron chi connectivity index (χ1n) is 12.6. The normalized spacial score (nSPS) is 22.0. The number of amides is 1. The molecule has 0 saturated carbocycles. The van der Waals surface area contributed by atoms with Crippen LogP contribution in [0.3, 0.4) is 0 Å². The second-order valence-electron chi connectivity index (χ2n) is 9.74. The van der Waals surface area contributed by atoms with E-state index in [0.29, 0.717) is 50.4 Å². The molecule has 3 saturated heterocycles. The number of piperidine rings is 1. The van der Waals surface area contributed by atoms with E-state index in [1.54, 1.807) is 21.9 Å². The van der Waals surface area contributed by atoms with Gasteiger partial charge in [-0.25, -0.2) is 22.2 Å². The van der Waals surface area contributed by atoms with E-state index in [2.05, 4.69) is 10.3 Å². The molecule has 3 aliphatic rings. The third kappa shape index (κ3) is 5.32. The summed E-state index contributed by atoms with van der Waals surface area (Å²) in [5.74, 6) is -3.50. The predicted molar refractivity (Wildman–Crippen MR) is 138 cm³/mol. The molecule has 1 aromatic carbocycles. The smallest absolute Gasteiger partial charge is 0.277 e. The maximum atomic E-state index is 15.3. The van der Waals surface area contributed by atoms with Crippen molar-refractivity contribution in [2.24, 2.45) is 5.92 Å². The van der Waals surface area contributed by atoms with Crippen LogP contribution in [0, 0.1) is 5.92 Å². The van der Waals surface area contributed by atoms with Gasteiger partial charge < -0.3 is 15.1 Å².